The molecule has 0 saturated heterocycles. The van der Waals surface area contributed by atoms with Gasteiger partial charge in [-0.2, -0.15) is 0 Å². The molecule has 0 N–H and O–H groups in total. The van der Waals surface area contributed by atoms with Crippen molar-refractivity contribution in [3.63, 3.8) is 0 Å². The molecule has 0 spiro atoms. The molecule has 0 aromatic heterocycles. The van der Waals surface area contributed by atoms with E-state index in [1.54, 1.807) is 0 Å². The molecule has 2 heteroatoms. The molecule has 2 saturated carbocycles. The Bertz CT molecular complexity index is 369. The van der Waals surface area contributed by atoms with Crippen LogP contribution < -0.4 is 4.90 Å². The average molecular weight is 236 g/mol. The second kappa shape index (κ2) is 4.29. The van der Waals surface area contributed by atoms with Gasteiger partial charge in [-0.05, 0) is 43.2 Å². The fraction of sp³-hybridized carbons (Fsp3) is 0.571. The highest BCUT2D eigenvalue weighted by Gasteiger charge is 2.34. The first-order valence-corrected chi connectivity index (χ1v) is 6.82. The first kappa shape index (κ1) is 10.5. The third-order valence-electron chi connectivity index (χ3n) is 3.58. The van der Waals surface area contributed by atoms with E-state index in [2.05, 4.69) is 29.2 Å². The van der Waals surface area contributed by atoms with Gasteiger partial charge in [0.25, 0.3) is 0 Å². The molecule has 0 bridgehead atoms. The number of para-hydroxylation sites is 1. The zero-order chi connectivity index (χ0) is 11.0. The zero-order valence-electron chi connectivity index (χ0n) is 9.53. The third-order valence-corrected chi connectivity index (χ3v) is 3.87. The van der Waals surface area contributed by atoms with Gasteiger partial charge >= 0.3 is 0 Å². The van der Waals surface area contributed by atoms with Gasteiger partial charge in [0.1, 0.15) is 0 Å². The van der Waals surface area contributed by atoms with Crippen molar-refractivity contribution in [3.05, 3.63) is 29.8 Å². The Morgan fingerprint density at radius 1 is 1.12 bits per heavy atom. The van der Waals surface area contributed by atoms with Crippen molar-refractivity contribution in [1.29, 1.82) is 0 Å². The van der Waals surface area contributed by atoms with Crippen molar-refractivity contribution >= 4 is 17.3 Å². The molecule has 1 aromatic rings. The number of anilines is 1. The molecule has 86 valence electrons. The molecule has 1 nitrogen and oxygen atoms in total. The molecule has 2 fully saturated rings. The van der Waals surface area contributed by atoms with E-state index in [9.17, 15) is 0 Å². The maximum absolute atomic E-state index is 6.03. The van der Waals surface area contributed by atoms with Gasteiger partial charge in [0, 0.05) is 24.2 Å². The van der Waals surface area contributed by atoms with Gasteiger partial charge in [-0.1, -0.05) is 18.2 Å². The summed E-state index contributed by atoms with van der Waals surface area (Å²) >= 11 is 6.03. The molecule has 16 heavy (non-hydrogen) atoms. The van der Waals surface area contributed by atoms with E-state index in [-0.39, 0.29) is 0 Å². The summed E-state index contributed by atoms with van der Waals surface area (Å²) in [5.74, 6) is 1.58. The summed E-state index contributed by atoms with van der Waals surface area (Å²) in [6, 6.07) is 9.41. The van der Waals surface area contributed by atoms with Crippen LogP contribution in [-0.4, -0.2) is 12.6 Å². The van der Waals surface area contributed by atoms with E-state index in [4.69, 9.17) is 11.6 Å². The Morgan fingerprint density at radius 2 is 1.88 bits per heavy atom. The molecule has 2 aliphatic carbocycles. The van der Waals surface area contributed by atoms with E-state index in [0.29, 0.717) is 5.88 Å². The van der Waals surface area contributed by atoms with Gasteiger partial charge in [-0.25, -0.2) is 0 Å². The number of hydrogen-bond donors (Lipinski definition) is 0. The third kappa shape index (κ3) is 2.20. The minimum Gasteiger partial charge on any atom is -0.368 e. The van der Waals surface area contributed by atoms with Crippen molar-refractivity contribution in [2.75, 3.05) is 11.4 Å². The standard InChI is InChI=1S/C14H18ClN/c15-9-12-3-1-2-4-14(12)16(13-7-8-13)10-11-5-6-11/h1-4,11,13H,5-10H2. The summed E-state index contributed by atoms with van der Waals surface area (Å²) in [6.07, 6.45) is 5.57. The van der Waals surface area contributed by atoms with Gasteiger partial charge in [0.15, 0.2) is 0 Å². The highest BCUT2D eigenvalue weighted by molar-refractivity contribution is 6.17. The number of hydrogen-bond acceptors (Lipinski definition) is 1. The van der Waals surface area contributed by atoms with Gasteiger partial charge in [0.2, 0.25) is 0 Å². The molecule has 0 heterocycles. The molecular weight excluding hydrogens is 218 g/mol. The van der Waals surface area contributed by atoms with Crippen LogP contribution in [0.25, 0.3) is 0 Å². The van der Waals surface area contributed by atoms with Gasteiger partial charge in [-0.3, -0.25) is 0 Å². The maximum atomic E-state index is 6.03. The van der Waals surface area contributed by atoms with Crippen LogP contribution in [0.4, 0.5) is 5.69 Å². The lowest BCUT2D eigenvalue weighted by Gasteiger charge is -2.26. The van der Waals surface area contributed by atoms with Crippen LogP contribution in [0.5, 0.6) is 0 Å². The fourth-order valence-electron chi connectivity index (χ4n) is 2.31. The van der Waals surface area contributed by atoms with E-state index < -0.39 is 0 Å². The normalized spacial score (nSPS) is 19.8. The van der Waals surface area contributed by atoms with Crippen molar-refractivity contribution in [3.8, 4) is 0 Å². The largest absolute Gasteiger partial charge is 0.368 e. The molecule has 0 aliphatic heterocycles. The Balaban J connectivity index is 1.84. The maximum Gasteiger partial charge on any atom is 0.0494 e. The second-order valence-corrected chi connectivity index (χ2v) is 5.36. The summed E-state index contributed by atoms with van der Waals surface area (Å²) in [6.45, 7) is 1.25. The summed E-state index contributed by atoms with van der Waals surface area (Å²) in [5, 5.41) is 0. The summed E-state index contributed by atoms with van der Waals surface area (Å²) < 4.78 is 0. The lowest BCUT2D eigenvalue weighted by Crippen LogP contribution is -2.28. The smallest absolute Gasteiger partial charge is 0.0494 e. The molecular formula is C14H18ClN. The topological polar surface area (TPSA) is 3.24 Å². The molecule has 0 atom stereocenters. The molecule has 3 rings (SSSR count). The summed E-state index contributed by atoms with van der Waals surface area (Å²) in [7, 11) is 0. The lowest BCUT2D eigenvalue weighted by molar-refractivity contribution is 0.716. The Labute approximate surface area is 102 Å². The number of benzene rings is 1. The van der Waals surface area contributed by atoms with Crippen molar-refractivity contribution < 1.29 is 0 Å². The number of rotatable bonds is 5. The Kier molecular flexibility index (Phi) is 2.81. The molecule has 0 radical (unpaired) electrons. The minimum atomic E-state index is 0.629. The minimum absolute atomic E-state index is 0.629. The quantitative estimate of drug-likeness (QED) is 0.702. The van der Waals surface area contributed by atoms with Crippen LogP contribution in [-0.2, 0) is 5.88 Å². The summed E-state index contributed by atoms with van der Waals surface area (Å²) in [4.78, 5) is 2.61. The first-order valence-electron chi connectivity index (χ1n) is 6.29. The van der Waals surface area contributed by atoms with Crippen molar-refractivity contribution in [1.82, 2.24) is 0 Å². The Hall–Kier alpha value is -0.690. The SMILES string of the molecule is ClCc1ccccc1N(CC1CC1)C1CC1. The predicted octanol–water partition coefficient (Wildman–Crippen LogP) is 3.80. The lowest BCUT2D eigenvalue weighted by atomic mass is 10.1. The van der Waals surface area contributed by atoms with Gasteiger partial charge in [0.05, 0.1) is 0 Å². The van der Waals surface area contributed by atoms with E-state index in [1.165, 1.54) is 43.5 Å². The Morgan fingerprint density at radius 3 is 2.50 bits per heavy atom. The summed E-state index contributed by atoms with van der Waals surface area (Å²) in [5.41, 5.74) is 2.67. The molecule has 1 aromatic carbocycles. The zero-order valence-corrected chi connectivity index (χ0v) is 10.3. The fourth-order valence-corrected chi connectivity index (χ4v) is 2.54. The number of nitrogens with zero attached hydrogens (tertiary/aromatic N) is 1. The highest BCUT2D eigenvalue weighted by Crippen LogP contribution is 2.39. The van der Waals surface area contributed by atoms with Gasteiger partial charge < -0.3 is 4.90 Å². The van der Waals surface area contributed by atoms with Crippen LogP contribution >= 0.6 is 11.6 Å². The van der Waals surface area contributed by atoms with E-state index in [1.807, 2.05) is 0 Å². The van der Waals surface area contributed by atoms with Crippen LogP contribution in [0, 0.1) is 5.92 Å². The van der Waals surface area contributed by atoms with Crippen LogP contribution in [0.15, 0.2) is 24.3 Å². The van der Waals surface area contributed by atoms with Gasteiger partial charge in [-0.15, -0.1) is 11.6 Å². The molecule has 0 amide bonds. The van der Waals surface area contributed by atoms with Crippen molar-refractivity contribution in [2.24, 2.45) is 5.92 Å². The van der Waals surface area contributed by atoms with E-state index >= 15 is 0 Å². The number of alkyl halides is 1. The van der Waals surface area contributed by atoms with Crippen LogP contribution in [0.2, 0.25) is 0 Å². The first-order chi connectivity index (χ1) is 7.88. The van der Waals surface area contributed by atoms with Crippen molar-refractivity contribution in [2.45, 2.75) is 37.6 Å². The number of halogens is 1. The average Bonchev–Trinajstić information content (AvgIpc) is 3.16. The molecule has 0 unspecified atom stereocenters. The monoisotopic (exact) mass is 235 g/mol. The highest BCUT2D eigenvalue weighted by atomic mass is 35.5. The molecule has 2 aliphatic rings. The second-order valence-electron chi connectivity index (χ2n) is 5.09. The van der Waals surface area contributed by atoms with Crippen LogP contribution in [0.1, 0.15) is 31.2 Å². The van der Waals surface area contributed by atoms with E-state index in [0.717, 1.165) is 12.0 Å². The predicted molar refractivity (Wildman–Crippen MR) is 69.1 cm³/mol. The van der Waals surface area contributed by atoms with Crippen LogP contribution in [0.3, 0.4) is 0 Å².